The molecule has 2 rings (SSSR count). The molecule has 0 atom stereocenters. The Labute approximate surface area is 103 Å². The summed E-state index contributed by atoms with van der Waals surface area (Å²) < 4.78 is 5.27. The summed E-state index contributed by atoms with van der Waals surface area (Å²) in [4.78, 5) is 9.11. The van der Waals surface area contributed by atoms with Gasteiger partial charge in [0, 0.05) is 6.07 Å². The van der Waals surface area contributed by atoms with E-state index in [1.54, 1.807) is 13.2 Å². The Morgan fingerprint density at radius 3 is 2.88 bits per heavy atom. The van der Waals surface area contributed by atoms with Gasteiger partial charge in [0.15, 0.2) is 0 Å². The SMILES string of the molecule is COc1ccccc1Sc1cc(NN)ncn1. The molecule has 0 saturated carbocycles. The molecule has 88 valence electrons. The van der Waals surface area contributed by atoms with Crippen molar-refractivity contribution in [1.29, 1.82) is 0 Å². The van der Waals surface area contributed by atoms with Crippen LogP contribution in [0.2, 0.25) is 0 Å². The van der Waals surface area contributed by atoms with Crippen LogP contribution < -0.4 is 16.0 Å². The Morgan fingerprint density at radius 2 is 2.12 bits per heavy atom. The summed E-state index contributed by atoms with van der Waals surface area (Å²) in [5.74, 6) is 6.69. The molecule has 1 heterocycles. The van der Waals surface area contributed by atoms with Crippen LogP contribution in [0.3, 0.4) is 0 Å². The molecule has 17 heavy (non-hydrogen) atoms. The number of nitrogens with one attached hydrogen (secondary N) is 1. The van der Waals surface area contributed by atoms with Crippen molar-refractivity contribution in [2.75, 3.05) is 12.5 Å². The van der Waals surface area contributed by atoms with Crippen LogP contribution in [0, 0.1) is 0 Å². The first kappa shape index (κ1) is 11.7. The number of hydrogen-bond donors (Lipinski definition) is 2. The van der Waals surface area contributed by atoms with E-state index in [-0.39, 0.29) is 0 Å². The van der Waals surface area contributed by atoms with Crippen molar-refractivity contribution in [3.05, 3.63) is 36.7 Å². The third kappa shape index (κ3) is 2.86. The van der Waals surface area contributed by atoms with Gasteiger partial charge in [-0.15, -0.1) is 0 Å². The van der Waals surface area contributed by atoms with Crippen molar-refractivity contribution in [3.8, 4) is 5.75 Å². The van der Waals surface area contributed by atoms with E-state index in [0.717, 1.165) is 15.7 Å². The number of nitrogens with zero attached hydrogens (tertiary/aromatic N) is 2. The molecule has 0 aliphatic carbocycles. The van der Waals surface area contributed by atoms with Gasteiger partial charge < -0.3 is 10.2 Å². The van der Waals surface area contributed by atoms with Gasteiger partial charge in [-0.05, 0) is 12.1 Å². The van der Waals surface area contributed by atoms with E-state index >= 15 is 0 Å². The Balaban J connectivity index is 2.24. The van der Waals surface area contributed by atoms with Crippen LogP contribution in [0.25, 0.3) is 0 Å². The quantitative estimate of drug-likeness (QED) is 0.489. The first-order chi connectivity index (χ1) is 8.33. The molecule has 0 saturated heterocycles. The standard InChI is InChI=1S/C11H12N4OS/c1-16-8-4-2-3-5-9(8)17-11-6-10(15-12)13-7-14-11/h2-7H,12H2,1H3,(H,13,14,15). The summed E-state index contributed by atoms with van der Waals surface area (Å²) in [5.41, 5.74) is 2.49. The third-order valence-electron chi connectivity index (χ3n) is 2.07. The Bertz CT molecular complexity index is 506. The number of para-hydroxylation sites is 1. The maximum Gasteiger partial charge on any atom is 0.144 e. The molecular weight excluding hydrogens is 236 g/mol. The summed E-state index contributed by atoms with van der Waals surface area (Å²) in [6.07, 6.45) is 1.47. The van der Waals surface area contributed by atoms with Crippen molar-refractivity contribution in [3.63, 3.8) is 0 Å². The molecule has 1 aromatic carbocycles. The second-order valence-electron chi connectivity index (χ2n) is 3.14. The minimum atomic E-state index is 0.581. The fraction of sp³-hybridized carbons (Fsp3) is 0.0909. The summed E-state index contributed by atoms with van der Waals surface area (Å²) >= 11 is 1.50. The van der Waals surface area contributed by atoms with Gasteiger partial charge in [-0.1, -0.05) is 23.9 Å². The van der Waals surface area contributed by atoms with Crippen molar-refractivity contribution < 1.29 is 4.74 Å². The zero-order valence-electron chi connectivity index (χ0n) is 9.25. The van der Waals surface area contributed by atoms with Gasteiger partial charge >= 0.3 is 0 Å². The Morgan fingerprint density at radius 1 is 1.29 bits per heavy atom. The number of ether oxygens (including phenoxy) is 1. The molecular formula is C11H12N4OS. The van der Waals surface area contributed by atoms with Crippen LogP contribution in [0.5, 0.6) is 5.75 Å². The molecule has 0 spiro atoms. The van der Waals surface area contributed by atoms with Crippen LogP contribution in [-0.2, 0) is 0 Å². The molecule has 2 aromatic rings. The van der Waals surface area contributed by atoms with Gasteiger partial charge in [-0.3, -0.25) is 0 Å². The molecule has 0 radical (unpaired) electrons. The predicted molar refractivity (Wildman–Crippen MR) is 67.0 cm³/mol. The number of nitrogen functional groups attached to an aromatic ring is 1. The normalized spacial score (nSPS) is 10.0. The van der Waals surface area contributed by atoms with Gasteiger partial charge in [-0.25, -0.2) is 15.8 Å². The van der Waals surface area contributed by atoms with Crippen LogP contribution in [0.4, 0.5) is 5.82 Å². The first-order valence-corrected chi connectivity index (χ1v) is 5.74. The monoisotopic (exact) mass is 248 g/mol. The van der Waals surface area contributed by atoms with E-state index in [1.807, 2.05) is 24.3 Å². The fourth-order valence-electron chi connectivity index (χ4n) is 1.29. The van der Waals surface area contributed by atoms with E-state index in [1.165, 1.54) is 18.1 Å². The Hall–Kier alpha value is -1.79. The summed E-state index contributed by atoms with van der Waals surface area (Å²) in [5, 5.41) is 0.803. The lowest BCUT2D eigenvalue weighted by Crippen LogP contribution is -2.08. The first-order valence-electron chi connectivity index (χ1n) is 4.93. The molecule has 0 bridgehead atoms. The van der Waals surface area contributed by atoms with Crippen molar-refractivity contribution in [2.45, 2.75) is 9.92 Å². The zero-order valence-corrected chi connectivity index (χ0v) is 10.1. The van der Waals surface area contributed by atoms with Gasteiger partial charge in [-0.2, -0.15) is 0 Å². The third-order valence-corrected chi connectivity index (χ3v) is 3.06. The minimum Gasteiger partial charge on any atom is -0.496 e. The van der Waals surface area contributed by atoms with Crippen LogP contribution in [0.15, 0.2) is 46.6 Å². The maximum atomic E-state index is 5.29. The lowest BCUT2D eigenvalue weighted by Gasteiger charge is -2.07. The van der Waals surface area contributed by atoms with Crippen molar-refractivity contribution >= 4 is 17.6 Å². The average Bonchev–Trinajstić information content (AvgIpc) is 2.39. The summed E-state index contributed by atoms with van der Waals surface area (Å²) in [7, 11) is 1.65. The van der Waals surface area contributed by atoms with E-state index < -0.39 is 0 Å². The molecule has 0 unspecified atom stereocenters. The lowest BCUT2D eigenvalue weighted by molar-refractivity contribution is 0.405. The number of hydrogen-bond acceptors (Lipinski definition) is 6. The number of nitrogens with two attached hydrogens (primary N) is 1. The zero-order chi connectivity index (χ0) is 12.1. The number of benzene rings is 1. The van der Waals surface area contributed by atoms with E-state index in [9.17, 15) is 0 Å². The van der Waals surface area contributed by atoms with Gasteiger partial charge in [0.05, 0.1) is 12.0 Å². The highest BCUT2D eigenvalue weighted by Crippen LogP contribution is 2.33. The Kier molecular flexibility index (Phi) is 3.79. The number of methoxy groups -OCH3 is 1. The topological polar surface area (TPSA) is 73.1 Å². The second kappa shape index (κ2) is 5.51. The molecule has 0 fully saturated rings. The fourth-order valence-corrected chi connectivity index (χ4v) is 2.18. The van der Waals surface area contributed by atoms with Gasteiger partial charge in [0.2, 0.25) is 0 Å². The number of anilines is 1. The van der Waals surface area contributed by atoms with Crippen LogP contribution >= 0.6 is 11.8 Å². The largest absolute Gasteiger partial charge is 0.496 e. The molecule has 0 aliphatic rings. The number of rotatable bonds is 4. The van der Waals surface area contributed by atoms with E-state index in [4.69, 9.17) is 10.6 Å². The predicted octanol–water partition coefficient (Wildman–Crippen LogP) is 1.92. The molecule has 0 amide bonds. The summed E-state index contributed by atoms with van der Waals surface area (Å²) in [6, 6.07) is 9.54. The molecule has 3 N–H and O–H groups in total. The molecule has 5 nitrogen and oxygen atoms in total. The highest BCUT2D eigenvalue weighted by molar-refractivity contribution is 7.99. The lowest BCUT2D eigenvalue weighted by atomic mass is 10.3. The molecule has 6 heteroatoms. The van der Waals surface area contributed by atoms with Crippen LogP contribution in [0.1, 0.15) is 0 Å². The number of hydrazine groups is 1. The van der Waals surface area contributed by atoms with Crippen LogP contribution in [-0.4, -0.2) is 17.1 Å². The highest BCUT2D eigenvalue weighted by Gasteiger charge is 2.05. The average molecular weight is 248 g/mol. The van der Waals surface area contributed by atoms with Crippen molar-refractivity contribution in [2.24, 2.45) is 5.84 Å². The highest BCUT2D eigenvalue weighted by atomic mass is 32.2. The van der Waals surface area contributed by atoms with E-state index in [0.29, 0.717) is 5.82 Å². The van der Waals surface area contributed by atoms with Gasteiger partial charge in [0.25, 0.3) is 0 Å². The van der Waals surface area contributed by atoms with Crippen molar-refractivity contribution in [1.82, 2.24) is 9.97 Å². The summed E-state index contributed by atoms with van der Waals surface area (Å²) in [6.45, 7) is 0. The molecule has 0 aliphatic heterocycles. The van der Waals surface area contributed by atoms with E-state index in [2.05, 4.69) is 15.4 Å². The second-order valence-corrected chi connectivity index (χ2v) is 4.20. The number of aromatic nitrogens is 2. The van der Waals surface area contributed by atoms with Gasteiger partial charge in [0.1, 0.15) is 22.9 Å². The smallest absolute Gasteiger partial charge is 0.144 e. The maximum absolute atomic E-state index is 5.29. The minimum absolute atomic E-state index is 0.581. The molecule has 1 aromatic heterocycles.